The van der Waals surface area contributed by atoms with Crippen LogP contribution in [0.1, 0.15) is 61.9 Å². The quantitative estimate of drug-likeness (QED) is 0.678. The lowest BCUT2D eigenvalue weighted by atomic mass is 10.1. The Bertz CT molecular complexity index is 386. The maximum absolute atomic E-state index is 11.4. The van der Waals surface area contributed by atoms with E-state index in [1.54, 1.807) is 7.05 Å². The summed E-state index contributed by atoms with van der Waals surface area (Å²) in [6, 6.07) is 8.33. The van der Waals surface area contributed by atoms with Gasteiger partial charge >= 0.3 is 0 Å². The van der Waals surface area contributed by atoms with Crippen molar-refractivity contribution in [3.05, 3.63) is 35.4 Å². The summed E-state index contributed by atoms with van der Waals surface area (Å²) in [7, 11) is 1.65. The molecule has 0 heterocycles. The summed E-state index contributed by atoms with van der Waals surface area (Å²) in [5.74, 6) is -0.0335. The number of rotatable bonds is 9. The van der Waals surface area contributed by atoms with Crippen LogP contribution in [-0.4, -0.2) is 19.0 Å². The van der Waals surface area contributed by atoms with E-state index in [-0.39, 0.29) is 5.91 Å². The van der Waals surface area contributed by atoms with Crippen LogP contribution in [0.2, 0.25) is 0 Å². The molecule has 20 heavy (non-hydrogen) atoms. The minimum Gasteiger partial charge on any atom is -0.355 e. The Hall–Kier alpha value is -1.35. The molecule has 1 atom stereocenters. The fraction of sp³-hybridized carbons (Fsp3) is 0.588. The molecular weight excluding hydrogens is 248 g/mol. The van der Waals surface area contributed by atoms with Crippen molar-refractivity contribution in [1.29, 1.82) is 0 Å². The van der Waals surface area contributed by atoms with Gasteiger partial charge in [0.25, 0.3) is 5.91 Å². The number of unbranched alkanes of at least 4 members (excludes halogenated alkanes) is 3. The van der Waals surface area contributed by atoms with Gasteiger partial charge in [-0.2, -0.15) is 0 Å². The van der Waals surface area contributed by atoms with Gasteiger partial charge in [-0.1, -0.05) is 44.7 Å². The van der Waals surface area contributed by atoms with Gasteiger partial charge in [0, 0.05) is 25.2 Å². The maximum atomic E-state index is 11.4. The summed E-state index contributed by atoms with van der Waals surface area (Å²) in [6.07, 6.45) is 6.50. The molecule has 2 N–H and O–H groups in total. The molecular formula is C17H28N2O. The number of nitrogens with one attached hydrogen (secondary N) is 2. The topological polar surface area (TPSA) is 41.1 Å². The van der Waals surface area contributed by atoms with Gasteiger partial charge in [-0.15, -0.1) is 0 Å². The van der Waals surface area contributed by atoms with Crippen molar-refractivity contribution in [3.63, 3.8) is 0 Å². The molecule has 0 aliphatic carbocycles. The summed E-state index contributed by atoms with van der Waals surface area (Å²) >= 11 is 0. The van der Waals surface area contributed by atoms with E-state index in [1.807, 2.05) is 24.3 Å². The van der Waals surface area contributed by atoms with Crippen LogP contribution in [0.25, 0.3) is 0 Å². The van der Waals surface area contributed by atoms with Crippen LogP contribution in [0.3, 0.4) is 0 Å². The van der Waals surface area contributed by atoms with Gasteiger partial charge in [0.2, 0.25) is 0 Å². The number of benzene rings is 1. The molecule has 0 aromatic heterocycles. The summed E-state index contributed by atoms with van der Waals surface area (Å²) in [6.45, 7) is 5.35. The van der Waals surface area contributed by atoms with E-state index < -0.39 is 0 Å². The maximum Gasteiger partial charge on any atom is 0.251 e. The van der Waals surface area contributed by atoms with E-state index >= 15 is 0 Å². The minimum atomic E-state index is -0.0335. The number of carbonyl (C=O) groups excluding carboxylic acids is 1. The Balaban J connectivity index is 2.29. The van der Waals surface area contributed by atoms with Crippen molar-refractivity contribution in [1.82, 2.24) is 10.6 Å². The molecule has 1 unspecified atom stereocenters. The highest BCUT2D eigenvalue weighted by Gasteiger charge is 2.04. The first kappa shape index (κ1) is 16.7. The molecule has 0 aliphatic rings. The first-order valence-electron chi connectivity index (χ1n) is 7.71. The Morgan fingerprint density at radius 2 is 1.85 bits per heavy atom. The van der Waals surface area contributed by atoms with Gasteiger partial charge < -0.3 is 10.6 Å². The molecule has 3 heteroatoms. The number of hydrogen-bond acceptors (Lipinski definition) is 2. The molecule has 0 fully saturated rings. The highest BCUT2D eigenvalue weighted by atomic mass is 16.1. The highest BCUT2D eigenvalue weighted by molar-refractivity contribution is 5.93. The third kappa shape index (κ3) is 6.20. The predicted molar refractivity (Wildman–Crippen MR) is 84.9 cm³/mol. The Labute approximate surface area is 123 Å². The third-order valence-electron chi connectivity index (χ3n) is 3.59. The predicted octanol–water partition coefficient (Wildman–Crippen LogP) is 3.49. The van der Waals surface area contributed by atoms with Crippen molar-refractivity contribution >= 4 is 5.91 Å². The zero-order chi connectivity index (χ0) is 14.8. The van der Waals surface area contributed by atoms with Gasteiger partial charge in [-0.3, -0.25) is 4.79 Å². The van der Waals surface area contributed by atoms with Gasteiger partial charge in [0.05, 0.1) is 0 Å². The molecule has 1 rings (SSSR count). The van der Waals surface area contributed by atoms with Crippen LogP contribution in [-0.2, 0) is 6.54 Å². The SMILES string of the molecule is CCCCCCC(C)NCc1ccc(C(=O)NC)cc1. The molecule has 0 bridgehead atoms. The zero-order valence-corrected chi connectivity index (χ0v) is 13.0. The lowest BCUT2D eigenvalue weighted by Gasteiger charge is -2.13. The molecule has 0 aliphatic heterocycles. The van der Waals surface area contributed by atoms with Crippen LogP contribution < -0.4 is 10.6 Å². The second kappa shape index (κ2) is 9.54. The summed E-state index contributed by atoms with van der Waals surface area (Å²) in [5, 5.41) is 6.17. The van der Waals surface area contributed by atoms with Crippen molar-refractivity contribution in [2.24, 2.45) is 0 Å². The molecule has 0 saturated carbocycles. The molecule has 1 aromatic carbocycles. The largest absolute Gasteiger partial charge is 0.355 e. The van der Waals surface area contributed by atoms with Gasteiger partial charge in [0.15, 0.2) is 0 Å². The second-order valence-corrected chi connectivity index (χ2v) is 5.41. The van der Waals surface area contributed by atoms with Crippen LogP contribution in [0.4, 0.5) is 0 Å². The summed E-state index contributed by atoms with van der Waals surface area (Å²) in [5.41, 5.74) is 1.93. The fourth-order valence-corrected chi connectivity index (χ4v) is 2.19. The van der Waals surface area contributed by atoms with E-state index in [2.05, 4.69) is 24.5 Å². The van der Waals surface area contributed by atoms with Crippen LogP contribution >= 0.6 is 0 Å². The van der Waals surface area contributed by atoms with Crippen molar-refractivity contribution in [3.8, 4) is 0 Å². The Morgan fingerprint density at radius 3 is 2.45 bits per heavy atom. The molecule has 3 nitrogen and oxygen atoms in total. The van der Waals surface area contributed by atoms with E-state index in [0.717, 1.165) is 6.54 Å². The van der Waals surface area contributed by atoms with Crippen LogP contribution in [0, 0.1) is 0 Å². The number of carbonyl (C=O) groups is 1. The van der Waals surface area contributed by atoms with Gasteiger partial charge in [-0.05, 0) is 31.0 Å². The van der Waals surface area contributed by atoms with Crippen LogP contribution in [0.5, 0.6) is 0 Å². The lowest BCUT2D eigenvalue weighted by molar-refractivity contribution is 0.0963. The molecule has 112 valence electrons. The van der Waals surface area contributed by atoms with E-state index in [4.69, 9.17) is 0 Å². The van der Waals surface area contributed by atoms with Gasteiger partial charge in [0.1, 0.15) is 0 Å². The molecule has 1 aromatic rings. The average molecular weight is 276 g/mol. The van der Waals surface area contributed by atoms with Crippen LogP contribution in [0.15, 0.2) is 24.3 Å². The normalized spacial score (nSPS) is 12.2. The number of hydrogen-bond donors (Lipinski definition) is 2. The van der Waals surface area contributed by atoms with Crippen molar-refractivity contribution in [2.75, 3.05) is 7.05 Å². The minimum absolute atomic E-state index is 0.0335. The zero-order valence-electron chi connectivity index (χ0n) is 13.0. The van der Waals surface area contributed by atoms with Crippen molar-refractivity contribution < 1.29 is 4.79 Å². The molecule has 1 amide bonds. The fourth-order valence-electron chi connectivity index (χ4n) is 2.19. The van der Waals surface area contributed by atoms with E-state index in [1.165, 1.54) is 37.7 Å². The smallest absolute Gasteiger partial charge is 0.251 e. The Morgan fingerprint density at radius 1 is 1.15 bits per heavy atom. The monoisotopic (exact) mass is 276 g/mol. The summed E-state index contributed by atoms with van der Waals surface area (Å²) < 4.78 is 0. The molecule has 0 saturated heterocycles. The highest BCUT2D eigenvalue weighted by Crippen LogP contribution is 2.07. The van der Waals surface area contributed by atoms with E-state index in [0.29, 0.717) is 11.6 Å². The molecule has 0 spiro atoms. The van der Waals surface area contributed by atoms with Crippen molar-refractivity contribution in [2.45, 2.75) is 58.5 Å². The summed E-state index contributed by atoms with van der Waals surface area (Å²) in [4.78, 5) is 11.4. The Kier molecular flexibility index (Phi) is 7.97. The molecule has 0 radical (unpaired) electrons. The lowest BCUT2D eigenvalue weighted by Crippen LogP contribution is -2.25. The average Bonchev–Trinajstić information content (AvgIpc) is 2.49. The first-order chi connectivity index (χ1) is 9.67. The number of amides is 1. The van der Waals surface area contributed by atoms with Gasteiger partial charge in [-0.25, -0.2) is 0 Å². The van der Waals surface area contributed by atoms with E-state index in [9.17, 15) is 4.79 Å². The second-order valence-electron chi connectivity index (χ2n) is 5.41. The standard InChI is InChI=1S/C17H28N2O/c1-4-5-6-7-8-14(2)19-13-15-9-11-16(12-10-15)17(20)18-3/h9-12,14,19H,4-8,13H2,1-3H3,(H,18,20). The first-order valence-corrected chi connectivity index (χ1v) is 7.71. The third-order valence-corrected chi connectivity index (χ3v) is 3.59.